The number of carboxylic acid groups (broad SMARTS) is 1. The summed E-state index contributed by atoms with van der Waals surface area (Å²) in [7, 11) is -3.17. The van der Waals surface area contributed by atoms with Crippen LogP contribution in [0.25, 0.3) is 0 Å². The number of carboxylic acids is 1. The molecule has 0 aromatic rings. The van der Waals surface area contributed by atoms with Gasteiger partial charge in [0.1, 0.15) is 0 Å². The molecule has 1 aliphatic carbocycles. The summed E-state index contributed by atoms with van der Waals surface area (Å²) in [4.78, 5) is 10.8. The monoisotopic (exact) mass is 290 g/mol. The molecule has 19 heavy (non-hydrogen) atoms. The van der Waals surface area contributed by atoms with Gasteiger partial charge in [-0.3, -0.25) is 0 Å². The van der Waals surface area contributed by atoms with Crippen molar-refractivity contribution < 1.29 is 23.1 Å². The van der Waals surface area contributed by atoms with Crippen molar-refractivity contribution in [2.75, 3.05) is 5.75 Å². The number of carbonyl (C=O) groups is 1. The second-order valence-electron chi connectivity index (χ2n) is 5.89. The van der Waals surface area contributed by atoms with E-state index in [2.05, 4.69) is 6.92 Å². The van der Waals surface area contributed by atoms with Crippen molar-refractivity contribution in [3.63, 3.8) is 0 Å². The van der Waals surface area contributed by atoms with Crippen molar-refractivity contribution >= 4 is 15.8 Å². The smallest absolute Gasteiger partial charge is 0.332 e. The first-order chi connectivity index (χ1) is 8.88. The minimum atomic E-state index is -3.17. The van der Waals surface area contributed by atoms with E-state index in [0.717, 1.165) is 25.7 Å². The molecule has 1 aliphatic heterocycles. The summed E-state index contributed by atoms with van der Waals surface area (Å²) in [6, 6.07) is 0. The van der Waals surface area contributed by atoms with E-state index in [1.807, 2.05) is 0 Å². The zero-order valence-electron chi connectivity index (χ0n) is 11.2. The van der Waals surface area contributed by atoms with E-state index in [0.29, 0.717) is 18.8 Å². The van der Waals surface area contributed by atoms with Gasteiger partial charge in [-0.1, -0.05) is 19.8 Å². The van der Waals surface area contributed by atoms with Gasteiger partial charge in [0.25, 0.3) is 0 Å². The van der Waals surface area contributed by atoms with Gasteiger partial charge in [-0.2, -0.15) is 0 Å². The molecule has 6 heteroatoms. The van der Waals surface area contributed by atoms with Crippen molar-refractivity contribution in [2.45, 2.75) is 62.9 Å². The molecular formula is C13H22O5S. The van der Waals surface area contributed by atoms with E-state index in [4.69, 9.17) is 9.84 Å². The van der Waals surface area contributed by atoms with Crippen molar-refractivity contribution in [1.82, 2.24) is 0 Å². The Labute approximate surface area is 114 Å². The van der Waals surface area contributed by atoms with Crippen LogP contribution in [-0.2, 0) is 19.4 Å². The van der Waals surface area contributed by atoms with Gasteiger partial charge in [-0.15, -0.1) is 0 Å². The van der Waals surface area contributed by atoms with Crippen LogP contribution in [0.15, 0.2) is 0 Å². The maximum atomic E-state index is 12.3. The van der Waals surface area contributed by atoms with E-state index in [1.54, 1.807) is 0 Å². The summed E-state index contributed by atoms with van der Waals surface area (Å²) in [6.07, 6.45) is 3.21. The summed E-state index contributed by atoms with van der Waals surface area (Å²) in [5.41, 5.74) is 0. The van der Waals surface area contributed by atoms with Gasteiger partial charge < -0.3 is 9.84 Å². The van der Waals surface area contributed by atoms with Crippen molar-refractivity contribution in [1.29, 1.82) is 0 Å². The Morgan fingerprint density at radius 1 is 1.26 bits per heavy atom. The van der Waals surface area contributed by atoms with Crippen LogP contribution in [0.5, 0.6) is 0 Å². The standard InChI is InChI=1S/C13H22O5S/c1-9-3-2-4-11(7-9)19(16,17)8-10-5-6-12(18-10)13(14)15/h9-12H,2-8H2,1H3,(H,14,15). The van der Waals surface area contributed by atoms with Crippen LogP contribution in [0.3, 0.4) is 0 Å². The summed E-state index contributed by atoms with van der Waals surface area (Å²) >= 11 is 0. The van der Waals surface area contributed by atoms with E-state index < -0.39 is 28.0 Å². The fourth-order valence-electron chi connectivity index (χ4n) is 3.11. The Morgan fingerprint density at radius 3 is 2.58 bits per heavy atom. The van der Waals surface area contributed by atoms with Crippen LogP contribution in [0.1, 0.15) is 45.4 Å². The maximum absolute atomic E-state index is 12.3. The molecule has 4 unspecified atom stereocenters. The summed E-state index contributed by atoms with van der Waals surface area (Å²) in [5, 5.41) is 8.58. The Hall–Kier alpha value is -0.620. The number of sulfone groups is 1. The van der Waals surface area contributed by atoms with Gasteiger partial charge in [0.15, 0.2) is 15.9 Å². The summed E-state index contributed by atoms with van der Waals surface area (Å²) < 4.78 is 30.0. The second-order valence-corrected chi connectivity index (χ2v) is 8.21. The molecular weight excluding hydrogens is 268 g/mol. The molecule has 5 nitrogen and oxygen atoms in total. The lowest BCUT2D eigenvalue weighted by Crippen LogP contribution is -2.34. The number of hydrogen-bond donors (Lipinski definition) is 1. The highest BCUT2D eigenvalue weighted by Gasteiger charge is 2.37. The molecule has 1 N–H and O–H groups in total. The highest BCUT2D eigenvalue weighted by atomic mass is 32.2. The lowest BCUT2D eigenvalue weighted by Gasteiger charge is -2.27. The van der Waals surface area contributed by atoms with Gasteiger partial charge in [-0.25, -0.2) is 13.2 Å². The average molecular weight is 290 g/mol. The van der Waals surface area contributed by atoms with Gasteiger partial charge in [0.05, 0.1) is 17.1 Å². The lowest BCUT2D eigenvalue weighted by molar-refractivity contribution is -0.148. The third-order valence-electron chi connectivity index (χ3n) is 4.20. The van der Waals surface area contributed by atoms with Gasteiger partial charge in [0, 0.05) is 0 Å². The number of rotatable bonds is 4. The second kappa shape index (κ2) is 5.79. The zero-order chi connectivity index (χ0) is 14.0. The Balaban J connectivity index is 1.92. The summed E-state index contributed by atoms with van der Waals surface area (Å²) in [5.74, 6) is -0.551. The van der Waals surface area contributed by atoms with Crippen molar-refractivity contribution in [3.8, 4) is 0 Å². The zero-order valence-corrected chi connectivity index (χ0v) is 12.1. The maximum Gasteiger partial charge on any atom is 0.332 e. The largest absolute Gasteiger partial charge is 0.479 e. The lowest BCUT2D eigenvalue weighted by atomic mass is 9.91. The van der Waals surface area contributed by atoms with Gasteiger partial charge >= 0.3 is 5.97 Å². The Bertz CT molecular complexity index is 430. The molecule has 0 radical (unpaired) electrons. The van der Waals surface area contributed by atoms with Crippen LogP contribution < -0.4 is 0 Å². The fraction of sp³-hybridized carbons (Fsp3) is 0.923. The van der Waals surface area contributed by atoms with E-state index >= 15 is 0 Å². The first kappa shape index (κ1) is 14.8. The molecule has 0 bridgehead atoms. The number of aliphatic carboxylic acids is 1. The Kier molecular flexibility index (Phi) is 4.50. The van der Waals surface area contributed by atoms with Crippen LogP contribution in [-0.4, -0.2) is 42.7 Å². The Morgan fingerprint density at radius 2 is 2.00 bits per heavy atom. The van der Waals surface area contributed by atoms with Gasteiger partial charge in [0.2, 0.25) is 0 Å². The molecule has 0 spiro atoms. The molecule has 0 amide bonds. The average Bonchev–Trinajstić information content (AvgIpc) is 2.77. The van der Waals surface area contributed by atoms with Crippen LogP contribution in [0, 0.1) is 5.92 Å². The van der Waals surface area contributed by atoms with E-state index in [9.17, 15) is 13.2 Å². The molecule has 2 aliphatic rings. The van der Waals surface area contributed by atoms with Crippen LogP contribution in [0.4, 0.5) is 0 Å². The quantitative estimate of drug-likeness (QED) is 0.850. The van der Waals surface area contributed by atoms with E-state index in [1.165, 1.54) is 0 Å². The number of hydrogen-bond acceptors (Lipinski definition) is 4. The fourth-order valence-corrected chi connectivity index (χ4v) is 5.29. The molecule has 0 aromatic heterocycles. The third kappa shape index (κ3) is 3.69. The normalized spacial score (nSPS) is 36.3. The molecule has 1 heterocycles. The van der Waals surface area contributed by atoms with Crippen molar-refractivity contribution in [2.24, 2.45) is 5.92 Å². The topological polar surface area (TPSA) is 80.7 Å². The summed E-state index contributed by atoms with van der Waals surface area (Å²) in [6.45, 7) is 2.09. The SMILES string of the molecule is CC1CCCC(S(=O)(=O)CC2CCC(C(=O)O)O2)C1. The predicted octanol–water partition coefficient (Wildman–Crippen LogP) is 1.61. The van der Waals surface area contributed by atoms with Crippen LogP contribution >= 0.6 is 0 Å². The minimum absolute atomic E-state index is 0.0197. The predicted molar refractivity (Wildman–Crippen MR) is 70.7 cm³/mol. The van der Waals surface area contributed by atoms with Gasteiger partial charge in [-0.05, 0) is 31.6 Å². The molecule has 4 atom stereocenters. The minimum Gasteiger partial charge on any atom is -0.479 e. The highest BCUT2D eigenvalue weighted by molar-refractivity contribution is 7.92. The van der Waals surface area contributed by atoms with E-state index in [-0.39, 0.29) is 11.0 Å². The van der Waals surface area contributed by atoms with Crippen LogP contribution in [0.2, 0.25) is 0 Å². The first-order valence-electron chi connectivity index (χ1n) is 6.98. The number of ether oxygens (including phenoxy) is 1. The molecule has 110 valence electrons. The molecule has 1 saturated heterocycles. The molecule has 1 saturated carbocycles. The third-order valence-corrected chi connectivity index (χ3v) is 6.48. The molecule has 2 fully saturated rings. The first-order valence-corrected chi connectivity index (χ1v) is 8.70. The molecule has 2 rings (SSSR count). The van der Waals surface area contributed by atoms with Crippen molar-refractivity contribution in [3.05, 3.63) is 0 Å². The highest BCUT2D eigenvalue weighted by Crippen LogP contribution is 2.30. The molecule has 0 aromatic carbocycles.